The van der Waals surface area contributed by atoms with Crippen LogP contribution in [0.15, 0.2) is 18.2 Å². The number of phenolic OH excluding ortho intramolecular Hbond substituents is 1. The SMILES string of the molecule is CCCCCC(CCCCC)Nc1ccc(OC)c(O)c1. The first-order valence-electron chi connectivity index (χ1n) is 8.34. The molecule has 2 N–H and O–H groups in total. The molecule has 0 saturated heterocycles. The fourth-order valence-electron chi connectivity index (χ4n) is 2.59. The van der Waals surface area contributed by atoms with E-state index < -0.39 is 0 Å². The third-order valence-electron chi connectivity index (χ3n) is 3.86. The van der Waals surface area contributed by atoms with E-state index in [9.17, 15) is 5.11 Å². The minimum absolute atomic E-state index is 0.198. The summed E-state index contributed by atoms with van der Waals surface area (Å²) < 4.78 is 5.09. The molecule has 1 rings (SSSR count). The summed E-state index contributed by atoms with van der Waals surface area (Å²) in [5.74, 6) is 0.720. The summed E-state index contributed by atoms with van der Waals surface area (Å²) in [6.45, 7) is 4.47. The van der Waals surface area contributed by atoms with Crippen LogP contribution in [0.1, 0.15) is 65.2 Å². The van der Waals surface area contributed by atoms with E-state index in [0.29, 0.717) is 11.8 Å². The van der Waals surface area contributed by atoms with Crippen molar-refractivity contribution in [1.29, 1.82) is 0 Å². The third kappa shape index (κ3) is 6.74. The number of phenols is 1. The summed E-state index contributed by atoms with van der Waals surface area (Å²) in [5.41, 5.74) is 0.978. The molecule has 0 bridgehead atoms. The predicted octanol–water partition coefficient (Wildman–Crippen LogP) is 5.34. The first kappa shape index (κ1) is 17.7. The Balaban J connectivity index is 2.58. The van der Waals surface area contributed by atoms with Crippen LogP contribution < -0.4 is 10.1 Å². The van der Waals surface area contributed by atoms with Crippen molar-refractivity contribution < 1.29 is 9.84 Å². The van der Waals surface area contributed by atoms with Crippen LogP contribution in [0.4, 0.5) is 5.69 Å². The smallest absolute Gasteiger partial charge is 0.160 e. The average molecular weight is 293 g/mol. The van der Waals surface area contributed by atoms with Crippen LogP contribution in [-0.2, 0) is 0 Å². The van der Waals surface area contributed by atoms with E-state index in [2.05, 4.69) is 19.2 Å². The Labute approximate surface area is 129 Å². The number of anilines is 1. The zero-order valence-electron chi connectivity index (χ0n) is 13.8. The van der Waals surface area contributed by atoms with Gasteiger partial charge in [0.15, 0.2) is 11.5 Å². The lowest BCUT2D eigenvalue weighted by atomic mass is 10.0. The Morgan fingerprint density at radius 2 is 1.67 bits per heavy atom. The van der Waals surface area contributed by atoms with Crippen LogP contribution in [0.2, 0.25) is 0 Å². The zero-order valence-corrected chi connectivity index (χ0v) is 13.8. The second-order valence-corrected chi connectivity index (χ2v) is 5.72. The summed E-state index contributed by atoms with van der Waals surface area (Å²) in [4.78, 5) is 0. The summed E-state index contributed by atoms with van der Waals surface area (Å²) in [7, 11) is 1.57. The van der Waals surface area contributed by atoms with Gasteiger partial charge in [-0.25, -0.2) is 0 Å². The van der Waals surface area contributed by atoms with E-state index in [1.54, 1.807) is 13.2 Å². The molecule has 0 heterocycles. The van der Waals surface area contributed by atoms with Crippen molar-refractivity contribution in [3.63, 3.8) is 0 Å². The molecule has 0 amide bonds. The molecule has 0 fully saturated rings. The van der Waals surface area contributed by atoms with Gasteiger partial charge in [-0.05, 0) is 25.0 Å². The molecule has 0 unspecified atom stereocenters. The molecule has 0 aliphatic rings. The number of rotatable bonds is 11. The summed E-state index contributed by atoms with van der Waals surface area (Å²) in [5, 5.41) is 13.4. The molecule has 0 aromatic heterocycles. The van der Waals surface area contributed by atoms with Crippen molar-refractivity contribution in [2.75, 3.05) is 12.4 Å². The highest BCUT2D eigenvalue weighted by Gasteiger charge is 2.10. The maximum atomic E-state index is 9.87. The van der Waals surface area contributed by atoms with E-state index in [4.69, 9.17) is 4.74 Å². The lowest BCUT2D eigenvalue weighted by molar-refractivity contribution is 0.373. The Bertz CT molecular complexity index is 383. The molecular formula is C18H31NO2. The summed E-state index contributed by atoms with van der Waals surface area (Å²) in [6, 6.07) is 6.04. The van der Waals surface area contributed by atoms with Gasteiger partial charge in [-0.2, -0.15) is 0 Å². The molecule has 1 aromatic rings. The van der Waals surface area contributed by atoms with Gasteiger partial charge in [-0.1, -0.05) is 52.4 Å². The maximum absolute atomic E-state index is 9.87. The summed E-state index contributed by atoms with van der Waals surface area (Å²) in [6.07, 6.45) is 10.0. The largest absolute Gasteiger partial charge is 0.504 e. The highest BCUT2D eigenvalue weighted by atomic mass is 16.5. The normalized spacial score (nSPS) is 10.9. The fraction of sp³-hybridized carbons (Fsp3) is 0.667. The Morgan fingerprint density at radius 3 is 2.14 bits per heavy atom. The zero-order chi connectivity index (χ0) is 15.5. The monoisotopic (exact) mass is 293 g/mol. The van der Waals surface area contributed by atoms with Gasteiger partial charge in [-0.3, -0.25) is 0 Å². The minimum atomic E-state index is 0.198. The van der Waals surface area contributed by atoms with Gasteiger partial charge in [0.1, 0.15) is 0 Å². The molecular weight excluding hydrogens is 262 g/mol. The Kier molecular flexibility index (Phi) is 8.72. The van der Waals surface area contributed by atoms with Crippen LogP contribution in [0.3, 0.4) is 0 Å². The number of aromatic hydroxyl groups is 1. The van der Waals surface area contributed by atoms with Crippen LogP contribution in [-0.4, -0.2) is 18.3 Å². The highest BCUT2D eigenvalue weighted by Crippen LogP contribution is 2.29. The van der Waals surface area contributed by atoms with Gasteiger partial charge in [0.05, 0.1) is 7.11 Å². The first-order chi connectivity index (χ1) is 10.2. The molecule has 0 radical (unpaired) electrons. The van der Waals surface area contributed by atoms with Crippen molar-refractivity contribution >= 4 is 5.69 Å². The van der Waals surface area contributed by atoms with Crippen LogP contribution in [0, 0.1) is 0 Å². The van der Waals surface area contributed by atoms with Gasteiger partial charge in [0, 0.05) is 17.8 Å². The second kappa shape index (κ2) is 10.4. The van der Waals surface area contributed by atoms with Crippen molar-refractivity contribution in [1.82, 2.24) is 0 Å². The van der Waals surface area contributed by atoms with Gasteiger partial charge in [0.25, 0.3) is 0 Å². The third-order valence-corrected chi connectivity index (χ3v) is 3.86. The number of hydrogen-bond acceptors (Lipinski definition) is 3. The van der Waals surface area contributed by atoms with Gasteiger partial charge in [0.2, 0.25) is 0 Å². The molecule has 0 spiro atoms. The van der Waals surface area contributed by atoms with Crippen molar-refractivity contribution in [2.45, 2.75) is 71.3 Å². The van der Waals surface area contributed by atoms with Crippen molar-refractivity contribution in [3.05, 3.63) is 18.2 Å². The number of nitrogens with one attached hydrogen (secondary N) is 1. The number of ether oxygens (including phenoxy) is 1. The van der Waals surface area contributed by atoms with Crippen LogP contribution in [0.25, 0.3) is 0 Å². The fourth-order valence-corrected chi connectivity index (χ4v) is 2.59. The number of hydrogen-bond donors (Lipinski definition) is 2. The predicted molar refractivity (Wildman–Crippen MR) is 90.4 cm³/mol. The first-order valence-corrected chi connectivity index (χ1v) is 8.34. The molecule has 0 saturated carbocycles. The quantitative estimate of drug-likeness (QED) is 0.541. The molecule has 0 atom stereocenters. The van der Waals surface area contributed by atoms with Gasteiger partial charge in [-0.15, -0.1) is 0 Å². The van der Waals surface area contributed by atoms with Crippen molar-refractivity contribution in [2.24, 2.45) is 0 Å². The van der Waals surface area contributed by atoms with Crippen molar-refractivity contribution in [3.8, 4) is 11.5 Å². The molecule has 3 nitrogen and oxygen atoms in total. The number of unbranched alkanes of at least 4 members (excludes halogenated alkanes) is 4. The summed E-state index contributed by atoms with van der Waals surface area (Å²) >= 11 is 0. The van der Waals surface area contributed by atoms with E-state index in [0.717, 1.165) is 5.69 Å². The maximum Gasteiger partial charge on any atom is 0.160 e. The van der Waals surface area contributed by atoms with E-state index >= 15 is 0 Å². The van der Waals surface area contributed by atoms with E-state index in [1.807, 2.05) is 12.1 Å². The Hall–Kier alpha value is -1.38. The molecule has 1 aromatic carbocycles. The number of benzene rings is 1. The average Bonchev–Trinajstić information content (AvgIpc) is 2.48. The van der Waals surface area contributed by atoms with Gasteiger partial charge >= 0.3 is 0 Å². The number of methoxy groups -OCH3 is 1. The van der Waals surface area contributed by atoms with E-state index in [1.165, 1.54) is 51.4 Å². The highest BCUT2D eigenvalue weighted by molar-refractivity contribution is 5.54. The molecule has 0 aliphatic carbocycles. The molecule has 21 heavy (non-hydrogen) atoms. The van der Waals surface area contributed by atoms with Gasteiger partial charge < -0.3 is 15.2 Å². The molecule has 3 heteroatoms. The topological polar surface area (TPSA) is 41.5 Å². The minimum Gasteiger partial charge on any atom is -0.504 e. The van der Waals surface area contributed by atoms with E-state index in [-0.39, 0.29) is 5.75 Å². The lowest BCUT2D eigenvalue weighted by Crippen LogP contribution is -2.19. The van der Waals surface area contributed by atoms with Crippen LogP contribution >= 0.6 is 0 Å². The molecule has 120 valence electrons. The lowest BCUT2D eigenvalue weighted by Gasteiger charge is -2.20. The standard InChI is InChI=1S/C18H31NO2/c1-4-6-8-10-15(11-9-7-5-2)19-16-12-13-18(21-3)17(20)14-16/h12-15,19-20H,4-11H2,1-3H3. The van der Waals surface area contributed by atoms with Crippen LogP contribution in [0.5, 0.6) is 11.5 Å². The second-order valence-electron chi connectivity index (χ2n) is 5.72. The Morgan fingerprint density at radius 1 is 1.05 bits per heavy atom. The molecule has 0 aliphatic heterocycles.